The number of hydrogen-bond donors (Lipinski definition) is 0. The van der Waals surface area contributed by atoms with Gasteiger partial charge in [0.15, 0.2) is 0 Å². The van der Waals surface area contributed by atoms with E-state index in [0.29, 0.717) is 36.4 Å². The Kier molecular flexibility index (Phi) is 14.8. The summed E-state index contributed by atoms with van der Waals surface area (Å²) in [6.07, 6.45) is 30.8. The van der Waals surface area contributed by atoms with Crippen LogP contribution in [0, 0.1) is 0 Å². The van der Waals surface area contributed by atoms with E-state index in [4.69, 9.17) is 0 Å². The Morgan fingerprint density at radius 1 is 0.662 bits per heavy atom. The zero-order valence-corrected chi connectivity index (χ0v) is 39.9. The number of anilines is 1. The second-order valence-electron chi connectivity index (χ2n) is 17.2. The highest BCUT2D eigenvalue weighted by Crippen LogP contribution is 2.43. The monoisotopic (exact) mass is 892 g/mol. The van der Waals surface area contributed by atoms with Crippen molar-refractivity contribution >= 4 is 29.7 Å². The third-order valence-corrected chi connectivity index (χ3v) is 12.8. The Labute approximate surface area is 402 Å². The maximum absolute atomic E-state index is 15.4. The molecule has 0 unspecified atom stereocenters. The standard InChI is InChI=1S/C62H60N4O2/c1-7-10-23-46(5)65(56-39-36-51-28-20-21-29-52(51)37-40-56)47(6)34-35-50(9-3)57-44-63(42-48-24-14-11-15-25-48)61(67)59-58(57)62(68)64(43-49-26-16-12-17-27-49)60(59)53-30-22-33-55(41-38-53)66(45(4)8-2)54-31-18-13-19-32-54/h7-21,23-39,41H,3,22,40,42-44H2,1-2,4-6H3/b10-7-,45-8+,46-23+,47-34+,50-35+. The first-order chi connectivity index (χ1) is 33.2. The van der Waals surface area contributed by atoms with E-state index in [1.54, 1.807) is 0 Å². The van der Waals surface area contributed by atoms with Crippen molar-refractivity contribution in [3.8, 4) is 0 Å². The van der Waals surface area contributed by atoms with Crippen LogP contribution in [0.15, 0.2) is 257 Å². The minimum absolute atomic E-state index is 0.172. The highest BCUT2D eigenvalue weighted by Gasteiger charge is 2.46. The second-order valence-corrected chi connectivity index (χ2v) is 17.2. The maximum atomic E-state index is 15.4. The summed E-state index contributed by atoms with van der Waals surface area (Å²) >= 11 is 0. The molecule has 0 radical (unpaired) electrons. The normalized spacial score (nSPS) is 16.9. The summed E-state index contributed by atoms with van der Waals surface area (Å²) in [5, 5.41) is 2.39. The van der Waals surface area contributed by atoms with E-state index in [1.807, 2.05) is 115 Å². The van der Waals surface area contributed by atoms with Gasteiger partial charge in [-0.15, -0.1) is 0 Å². The van der Waals surface area contributed by atoms with Crippen molar-refractivity contribution in [2.45, 2.75) is 60.5 Å². The molecule has 0 N–H and O–H groups in total. The zero-order chi connectivity index (χ0) is 47.6. The summed E-state index contributed by atoms with van der Waals surface area (Å²) in [6.45, 7) is 15.7. The Balaban J connectivity index is 1.28. The molecule has 68 heavy (non-hydrogen) atoms. The van der Waals surface area contributed by atoms with Gasteiger partial charge >= 0.3 is 0 Å². The van der Waals surface area contributed by atoms with Crippen LogP contribution in [0.3, 0.4) is 0 Å². The summed E-state index contributed by atoms with van der Waals surface area (Å²) in [7, 11) is 0. The molecule has 0 atom stereocenters. The molecular weight excluding hydrogens is 833 g/mol. The van der Waals surface area contributed by atoms with Crippen molar-refractivity contribution in [2.75, 3.05) is 11.4 Å². The molecule has 0 fully saturated rings. The number of rotatable bonds is 15. The average Bonchev–Trinajstić information content (AvgIpc) is 3.55. The fourth-order valence-corrected chi connectivity index (χ4v) is 9.29. The SMILES string of the molecule is C=C/C(=C\C=C(/C)N(C1=CC=c2ccccc2=CC1)/C(C)=C/C=C\C)C1=C2C(=O)N(Cc3ccccc3)C(C3=CCC=C(N(/C(C)=C/C)c4ccccc4)C=C3)=C2C(=O)N(Cc2ccccc2)C1. The zero-order valence-electron chi connectivity index (χ0n) is 39.9. The van der Waals surface area contributed by atoms with Crippen LogP contribution in [0.25, 0.3) is 12.2 Å². The molecule has 2 aliphatic carbocycles. The number of amides is 2. The van der Waals surface area contributed by atoms with E-state index in [0.717, 1.165) is 68.4 Å². The molecule has 4 aromatic carbocycles. The first-order valence-corrected chi connectivity index (χ1v) is 23.5. The molecule has 6 nitrogen and oxygen atoms in total. The molecule has 8 rings (SSSR count). The second kappa shape index (κ2) is 21.6. The number of allylic oxidation sites excluding steroid dienone is 16. The smallest absolute Gasteiger partial charge is 0.259 e. The molecular formula is C62H60N4O2. The molecule has 2 heterocycles. The van der Waals surface area contributed by atoms with Crippen LogP contribution < -0.4 is 15.3 Å². The first kappa shape index (κ1) is 46.6. The summed E-state index contributed by atoms with van der Waals surface area (Å²) in [4.78, 5) is 39.0. The van der Waals surface area contributed by atoms with E-state index >= 15 is 9.59 Å². The van der Waals surface area contributed by atoms with Crippen LogP contribution in [0.1, 0.15) is 58.6 Å². The van der Waals surface area contributed by atoms with Gasteiger partial charge in [0.2, 0.25) is 0 Å². The Morgan fingerprint density at radius 3 is 1.99 bits per heavy atom. The lowest BCUT2D eigenvalue weighted by Gasteiger charge is -2.31. The van der Waals surface area contributed by atoms with Gasteiger partial charge in [0.25, 0.3) is 11.8 Å². The molecule has 2 aliphatic heterocycles. The molecule has 0 saturated heterocycles. The van der Waals surface area contributed by atoms with Gasteiger partial charge in [-0.3, -0.25) is 9.59 Å². The van der Waals surface area contributed by atoms with Crippen molar-refractivity contribution in [1.29, 1.82) is 0 Å². The average molecular weight is 893 g/mol. The van der Waals surface area contributed by atoms with Crippen molar-refractivity contribution in [1.82, 2.24) is 14.7 Å². The van der Waals surface area contributed by atoms with Crippen LogP contribution in [-0.4, -0.2) is 33.1 Å². The van der Waals surface area contributed by atoms with Crippen LogP contribution >= 0.6 is 0 Å². The van der Waals surface area contributed by atoms with Crippen LogP contribution in [0.5, 0.6) is 0 Å². The van der Waals surface area contributed by atoms with E-state index in [1.165, 1.54) is 10.4 Å². The number of carbonyl (C=O) groups is 2. The van der Waals surface area contributed by atoms with Gasteiger partial charge in [-0.2, -0.15) is 0 Å². The molecule has 0 aromatic heterocycles. The predicted octanol–water partition coefficient (Wildman–Crippen LogP) is 12.2. The highest BCUT2D eigenvalue weighted by atomic mass is 16.2. The number of para-hydroxylation sites is 1. The number of nitrogens with zero attached hydrogens (tertiary/aromatic N) is 4. The van der Waals surface area contributed by atoms with Crippen molar-refractivity contribution in [3.63, 3.8) is 0 Å². The van der Waals surface area contributed by atoms with Crippen molar-refractivity contribution in [2.24, 2.45) is 0 Å². The van der Waals surface area contributed by atoms with Crippen LogP contribution in [0.2, 0.25) is 0 Å². The predicted molar refractivity (Wildman–Crippen MR) is 281 cm³/mol. The van der Waals surface area contributed by atoms with E-state index in [-0.39, 0.29) is 18.4 Å². The van der Waals surface area contributed by atoms with Gasteiger partial charge in [-0.05, 0) is 116 Å². The molecule has 340 valence electrons. The highest BCUT2D eigenvalue weighted by molar-refractivity contribution is 6.18. The first-order valence-electron chi connectivity index (χ1n) is 23.5. The fourth-order valence-electron chi connectivity index (χ4n) is 9.29. The Hall–Kier alpha value is -7.96. The number of benzene rings is 4. The summed E-state index contributed by atoms with van der Waals surface area (Å²) in [5.74, 6) is -0.368. The molecule has 0 spiro atoms. The minimum Gasteiger partial charge on any atom is -0.330 e. The fraction of sp³-hybridized carbons (Fsp3) is 0.161. The van der Waals surface area contributed by atoms with E-state index in [2.05, 4.69) is 146 Å². The Morgan fingerprint density at radius 2 is 1.31 bits per heavy atom. The van der Waals surface area contributed by atoms with Gasteiger partial charge < -0.3 is 19.6 Å². The molecule has 4 aromatic rings. The lowest BCUT2D eigenvalue weighted by Crippen LogP contribution is -2.39. The third-order valence-electron chi connectivity index (χ3n) is 12.8. The number of hydrogen-bond acceptors (Lipinski definition) is 4. The summed E-state index contributed by atoms with van der Waals surface area (Å²) in [5.41, 5.74) is 12.1. The largest absolute Gasteiger partial charge is 0.330 e. The molecule has 6 heteroatoms. The molecule has 2 amide bonds. The van der Waals surface area contributed by atoms with Crippen molar-refractivity contribution < 1.29 is 9.59 Å². The minimum atomic E-state index is -0.196. The van der Waals surface area contributed by atoms with E-state index in [9.17, 15) is 0 Å². The lowest BCUT2D eigenvalue weighted by molar-refractivity contribution is -0.128. The van der Waals surface area contributed by atoms with Crippen molar-refractivity contribution in [3.05, 3.63) is 278 Å². The summed E-state index contributed by atoms with van der Waals surface area (Å²) in [6, 6.07) is 38.9. The summed E-state index contributed by atoms with van der Waals surface area (Å²) < 4.78 is 0. The van der Waals surface area contributed by atoms with Gasteiger partial charge in [0.05, 0.1) is 23.4 Å². The quantitative estimate of drug-likeness (QED) is 0.112. The molecule has 4 aliphatic rings. The lowest BCUT2D eigenvalue weighted by atomic mass is 9.88. The van der Waals surface area contributed by atoms with Crippen LogP contribution in [0.4, 0.5) is 5.69 Å². The molecule has 0 saturated carbocycles. The topological polar surface area (TPSA) is 47.1 Å². The Bertz CT molecular complexity index is 3080. The van der Waals surface area contributed by atoms with E-state index < -0.39 is 0 Å². The maximum Gasteiger partial charge on any atom is 0.259 e. The van der Waals surface area contributed by atoms with Crippen LogP contribution in [-0.2, 0) is 22.7 Å². The van der Waals surface area contributed by atoms with Gasteiger partial charge in [0, 0.05) is 53.7 Å². The third kappa shape index (κ3) is 10.1. The molecule has 0 bridgehead atoms. The van der Waals surface area contributed by atoms with Gasteiger partial charge in [0.1, 0.15) is 0 Å². The number of fused-ring (bicyclic) bond motifs is 2. The number of carbonyl (C=O) groups excluding carboxylic acids is 2. The van der Waals surface area contributed by atoms with Gasteiger partial charge in [-0.1, -0.05) is 170 Å². The van der Waals surface area contributed by atoms with Gasteiger partial charge in [-0.25, -0.2) is 0 Å².